The lowest BCUT2D eigenvalue weighted by Gasteiger charge is -2.18. The van der Waals surface area contributed by atoms with Crippen LogP contribution in [0, 0.1) is 5.92 Å². The number of carbonyl (C=O) groups excluding carboxylic acids is 2. The van der Waals surface area contributed by atoms with Crippen molar-refractivity contribution >= 4 is 17.4 Å². The van der Waals surface area contributed by atoms with Crippen LogP contribution in [-0.2, 0) is 11.2 Å². The van der Waals surface area contributed by atoms with Gasteiger partial charge in [-0.3, -0.25) is 9.59 Å². The Kier molecular flexibility index (Phi) is 3.77. The third kappa shape index (κ3) is 2.59. The molecule has 96 valence electrons. The van der Waals surface area contributed by atoms with Crippen molar-refractivity contribution < 1.29 is 9.59 Å². The van der Waals surface area contributed by atoms with E-state index >= 15 is 0 Å². The first kappa shape index (κ1) is 12.8. The fourth-order valence-electron chi connectivity index (χ4n) is 2.20. The van der Waals surface area contributed by atoms with E-state index in [1.165, 1.54) is 0 Å². The molecular weight excluding hydrogens is 228 g/mol. The average molecular weight is 246 g/mol. The molecule has 1 aliphatic rings. The molecule has 0 saturated carbocycles. The molecule has 1 heterocycles. The minimum atomic E-state index is -0.0498. The second-order valence-corrected chi connectivity index (χ2v) is 4.76. The summed E-state index contributed by atoms with van der Waals surface area (Å²) in [5.74, 6) is 0.115. The number of rotatable bonds is 4. The summed E-state index contributed by atoms with van der Waals surface area (Å²) >= 11 is 0. The molecule has 2 rings (SSSR count). The van der Waals surface area contributed by atoms with Gasteiger partial charge in [-0.2, -0.15) is 0 Å². The quantitative estimate of drug-likeness (QED) is 0.795. The molecule has 1 amide bonds. The summed E-state index contributed by atoms with van der Waals surface area (Å²) in [5.41, 5.74) is 8.06. The van der Waals surface area contributed by atoms with E-state index in [9.17, 15) is 9.59 Å². The number of fused-ring (bicyclic) bond motifs is 1. The van der Waals surface area contributed by atoms with Crippen LogP contribution in [0.1, 0.15) is 35.7 Å². The van der Waals surface area contributed by atoms with E-state index in [0.29, 0.717) is 31.4 Å². The fraction of sp³-hybridized carbons (Fsp3) is 0.429. The molecule has 0 bridgehead atoms. The number of nitrogens with one attached hydrogen (secondary N) is 1. The van der Waals surface area contributed by atoms with Gasteiger partial charge in [0, 0.05) is 23.6 Å². The summed E-state index contributed by atoms with van der Waals surface area (Å²) in [6.07, 6.45) is 1.89. The van der Waals surface area contributed by atoms with Crippen LogP contribution in [0.5, 0.6) is 0 Å². The zero-order valence-corrected chi connectivity index (χ0v) is 10.5. The number of ketones is 1. The van der Waals surface area contributed by atoms with E-state index in [1.807, 2.05) is 19.1 Å². The average Bonchev–Trinajstić information content (AvgIpc) is 2.37. The lowest BCUT2D eigenvalue weighted by atomic mass is 9.93. The first-order valence-corrected chi connectivity index (χ1v) is 6.29. The first-order valence-electron chi connectivity index (χ1n) is 6.29. The van der Waals surface area contributed by atoms with Crippen molar-refractivity contribution in [2.24, 2.45) is 11.7 Å². The normalized spacial score (nSPS) is 15.8. The van der Waals surface area contributed by atoms with Gasteiger partial charge in [-0.15, -0.1) is 0 Å². The number of anilines is 1. The van der Waals surface area contributed by atoms with Crippen LogP contribution in [0.4, 0.5) is 5.69 Å². The van der Waals surface area contributed by atoms with Crippen molar-refractivity contribution in [1.82, 2.24) is 0 Å². The van der Waals surface area contributed by atoms with Crippen molar-refractivity contribution in [2.75, 3.05) is 11.9 Å². The van der Waals surface area contributed by atoms with Crippen LogP contribution in [0.15, 0.2) is 18.2 Å². The number of Topliss-reactive ketones (excluding diaryl/α,β-unsaturated/α-hetero) is 1. The Morgan fingerprint density at radius 3 is 2.94 bits per heavy atom. The van der Waals surface area contributed by atoms with Gasteiger partial charge in [0.25, 0.3) is 0 Å². The number of hydrogen-bond donors (Lipinski definition) is 2. The highest BCUT2D eigenvalue weighted by Gasteiger charge is 2.19. The van der Waals surface area contributed by atoms with Crippen LogP contribution in [0.2, 0.25) is 0 Å². The zero-order chi connectivity index (χ0) is 13.1. The lowest BCUT2D eigenvalue weighted by molar-refractivity contribution is -0.116. The van der Waals surface area contributed by atoms with E-state index in [1.54, 1.807) is 6.07 Å². The Labute approximate surface area is 107 Å². The molecule has 0 aliphatic carbocycles. The van der Waals surface area contributed by atoms with Gasteiger partial charge in [-0.05, 0) is 43.1 Å². The number of amides is 1. The smallest absolute Gasteiger partial charge is 0.224 e. The van der Waals surface area contributed by atoms with E-state index in [4.69, 9.17) is 5.73 Å². The predicted molar refractivity (Wildman–Crippen MR) is 70.6 cm³/mol. The highest BCUT2D eigenvalue weighted by atomic mass is 16.1. The van der Waals surface area contributed by atoms with Crippen molar-refractivity contribution in [2.45, 2.75) is 26.2 Å². The van der Waals surface area contributed by atoms with Crippen molar-refractivity contribution in [3.8, 4) is 0 Å². The second kappa shape index (κ2) is 5.31. The Morgan fingerprint density at radius 2 is 2.22 bits per heavy atom. The Morgan fingerprint density at radius 1 is 1.44 bits per heavy atom. The molecule has 3 N–H and O–H groups in total. The van der Waals surface area contributed by atoms with E-state index in [0.717, 1.165) is 11.3 Å². The zero-order valence-electron chi connectivity index (χ0n) is 10.5. The number of hydrogen-bond acceptors (Lipinski definition) is 3. The molecule has 0 aromatic heterocycles. The number of benzene rings is 1. The second-order valence-electron chi connectivity index (χ2n) is 4.76. The monoisotopic (exact) mass is 246 g/mol. The third-order valence-corrected chi connectivity index (χ3v) is 3.33. The molecule has 1 aliphatic heterocycles. The van der Waals surface area contributed by atoms with Crippen LogP contribution in [0.25, 0.3) is 0 Å². The maximum Gasteiger partial charge on any atom is 0.224 e. The molecule has 0 spiro atoms. The Hall–Kier alpha value is -1.68. The minimum Gasteiger partial charge on any atom is -0.330 e. The van der Waals surface area contributed by atoms with Crippen LogP contribution in [-0.4, -0.2) is 18.2 Å². The molecule has 0 fully saturated rings. The summed E-state index contributed by atoms with van der Waals surface area (Å²) in [6.45, 7) is 2.42. The molecule has 18 heavy (non-hydrogen) atoms. The predicted octanol–water partition coefficient (Wildman–Crippen LogP) is 1.74. The van der Waals surface area contributed by atoms with Gasteiger partial charge in [-0.1, -0.05) is 6.92 Å². The molecule has 1 atom stereocenters. The van der Waals surface area contributed by atoms with Crippen molar-refractivity contribution in [1.29, 1.82) is 0 Å². The number of aryl methyl sites for hydroxylation is 1. The maximum atomic E-state index is 12.1. The summed E-state index contributed by atoms with van der Waals surface area (Å²) in [4.78, 5) is 23.4. The highest BCUT2D eigenvalue weighted by molar-refractivity contribution is 6.00. The van der Waals surface area contributed by atoms with Crippen LogP contribution < -0.4 is 11.1 Å². The van der Waals surface area contributed by atoms with Gasteiger partial charge in [0.15, 0.2) is 5.78 Å². The molecule has 4 nitrogen and oxygen atoms in total. The Balaban J connectivity index is 2.21. The summed E-state index contributed by atoms with van der Waals surface area (Å²) < 4.78 is 0. The topological polar surface area (TPSA) is 72.2 Å². The molecule has 4 heteroatoms. The first-order chi connectivity index (χ1) is 8.61. The lowest BCUT2D eigenvalue weighted by Crippen LogP contribution is -2.20. The van der Waals surface area contributed by atoms with Gasteiger partial charge in [0.2, 0.25) is 5.91 Å². The minimum absolute atomic E-state index is 0.0399. The van der Waals surface area contributed by atoms with Gasteiger partial charge in [-0.25, -0.2) is 0 Å². The number of carbonyl (C=O) groups is 2. The van der Waals surface area contributed by atoms with Gasteiger partial charge in [0.05, 0.1) is 0 Å². The third-order valence-electron chi connectivity index (χ3n) is 3.33. The van der Waals surface area contributed by atoms with Gasteiger partial charge >= 0.3 is 0 Å². The summed E-state index contributed by atoms with van der Waals surface area (Å²) in [5, 5.41) is 2.81. The largest absolute Gasteiger partial charge is 0.330 e. The standard InChI is InChI=1S/C14H18N2O2/c1-9(6-7-15)14(18)11-2-4-12-10(8-11)3-5-13(17)16-12/h2,4,8-9H,3,5-7,15H2,1H3,(H,16,17). The van der Waals surface area contributed by atoms with Gasteiger partial charge < -0.3 is 11.1 Å². The molecule has 1 unspecified atom stereocenters. The van der Waals surface area contributed by atoms with Crippen molar-refractivity contribution in [3.05, 3.63) is 29.3 Å². The fourth-order valence-corrected chi connectivity index (χ4v) is 2.20. The molecule has 1 aromatic carbocycles. The maximum absolute atomic E-state index is 12.1. The van der Waals surface area contributed by atoms with E-state index < -0.39 is 0 Å². The molecule has 1 aromatic rings. The van der Waals surface area contributed by atoms with Gasteiger partial charge in [0.1, 0.15) is 0 Å². The number of nitrogens with two attached hydrogens (primary N) is 1. The van der Waals surface area contributed by atoms with Crippen LogP contribution >= 0.6 is 0 Å². The summed E-state index contributed by atoms with van der Waals surface area (Å²) in [7, 11) is 0. The Bertz CT molecular complexity index is 483. The van der Waals surface area contributed by atoms with Crippen LogP contribution in [0.3, 0.4) is 0 Å². The van der Waals surface area contributed by atoms with Crippen molar-refractivity contribution in [3.63, 3.8) is 0 Å². The van der Waals surface area contributed by atoms with E-state index in [-0.39, 0.29) is 17.6 Å². The SMILES string of the molecule is CC(CCN)C(=O)c1ccc2c(c1)CCC(=O)N2. The van der Waals surface area contributed by atoms with E-state index in [2.05, 4.69) is 5.32 Å². The molecular formula is C14H18N2O2. The molecule has 0 saturated heterocycles. The summed E-state index contributed by atoms with van der Waals surface area (Å²) in [6, 6.07) is 5.48. The highest BCUT2D eigenvalue weighted by Crippen LogP contribution is 2.25. The molecule has 0 radical (unpaired) electrons.